The first-order valence-corrected chi connectivity index (χ1v) is 10.1. The van der Waals surface area contributed by atoms with Crippen LogP contribution in [0.4, 0.5) is 8.78 Å². The van der Waals surface area contributed by atoms with E-state index in [-0.39, 0.29) is 30.8 Å². The van der Waals surface area contributed by atoms with E-state index in [1.54, 1.807) is 12.1 Å². The lowest BCUT2D eigenvalue weighted by Gasteiger charge is -2.30. The number of hydrogen-bond donors (Lipinski definition) is 1. The number of nitrogens with zero attached hydrogens (tertiary/aromatic N) is 1. The molecule has 1 unspecified atom stereocenters. The van der Waals surface area contributed by atoms with E-state index in [9.17, 15) is 18.4 Å². The van der Waals surface area contributed by atoms with Gasteiger partial charge in [-0.15, -0.1) is 0 Å². The third kappa shape index (κ3) is 7.13. The average molecular weight is 418 g/mol. The number of halogens is 2. The van der Waals surface area contributed by atoms with Crippen molar-refractivity contribution >= 4 is 11.8 Å². The predicted octanol–water partition coefficient (Wildman–Crippen LogP) is 4.07. The second-order valence-electron chi connectivity index (χ2n) is 6.96. The molecule has 2 rings (SSSR count). The van der Waals surface area contributed by atoms with Crippen molar-refractivity contribution in [1.29, 1.82) is 0 Å². The molecule has 162 valence electrons. The molecule has 7 heteroatoms. The van der Waals surface area contributed by atoms with Crippen molar-refractivity contribution in [1.82, 2.24) is 10.2 Å². The van der Waals surface area contributed by atoms with Crippen molar-refractivity contribution in [2.75, 3.05) is 13.2 Å². The molecule has 0 fully saturated rings. The summed E-state index contributed by atoms with van der Waals surface area (Å²) in [5.41, 5.74) is 0.700. The molecule has 30 heavy (non-hydrogen) atoms. The predicted molar refractivity (Wildman–Crippen MR) is 111 cm³/mol. The van der Waals surface area contributed by atoms with E-state index in [0.717, 1.165) is 12.8 Å². The molecule has 0 aliphatic carbocycles. The number of amides is 2. The van der Waals surface area contributed by atoms with Crippen LogP contribution < -0.4 is 10.1 Å². The van der Waals surface area contributed by atoms with Gasteiger partial charge in [0.15, 0.2) is 6.61 Å². The first-order chi connectivity index (χ1) is 14.4. The van der Waals surface area contributed by atoms with Crippen LogP contribution in [-0.4, -0.2) is 35.9 Å². The average Bonchev–Trinajstić information content (AvgIpc) is 2.74. The van der Waals surface area contributed by atoms with Crippen LogP contribution in [0.2, 0.25) is 0 Å². The molecule has 0 saturated heterocycles. The van der Waals surface area contributed by atoms with Gasteiger partial charge in [-0.25, -0.2) is 8.78 Å². The second kappa shape index (κ2) is 11.9. The number of hydrogen-bond acceptors (Lipinski definition) is 3. The molecule has 0 saturated carbocycles. The van der Waals surface area contributed by atoms with E-state index in [2.05, 4.69) is 5.32 Å². The van der Waals surface area contributed by atoms with Gasteiger partial charge in [-0.05, 0) is 54.8 Å². The van der Waals surface area contributed by atoms with Gasteiger partial charge in [-0.3, -0.25) is 9.59 Å². The Labute approximate surface area is 176 Å². The summed E-state index contributed by atoms with van der Waals surface area (Å²) in [5.74, 6) is -1.04. The van der Waals surface area contributed by atoms with Crippen LogP contribution >= 0.6 is 0 Å². The standard InChI is InChI=1S/C23H28F2N2O3/c1-3-5-14-26-23(29)21(4-2)27(15-17-6-8-18(24)9-7-17)22(28)16-30-20-12-10-19(25)11-13-20/h6-13,21H,3-5,14-16H2,1-2H3,(H,26,29). The van der Waals surface area contributed by atoms with Crippen LogP contribution in [-0.2, 0) is 16.1 Å². The SMILES string of the molecule is CCCCNC(=O)C(CC)N(Cc1ccc(F)cc1)C(=O)COc1ccc(F)cc1. The Morgan fingerprint density at radius 1 is 1.00 bits per heavy atom. The molecule has 2 aromatic rings. The van der Waals surface area contributed by atoms with Gasteiger partial charge in [-0.2, -0.15) is 0 Å². The Balaban J connectivity index is 2.15. The van der Waals surface area contributed by atoms with E-state index < -0.39 is 11.9 Å². The first kappa shape index (κ1) is 23.3. The minimum atomic E-state index is -0.684. The second-order valence-corrected chi connectivity index (χ2v) is 6.96. The quantitative estimate of drug-likeness (QED) is 0.560. The summed E-state index contributed by atoms with van der Waals surface area (Å²) in [7, 11) is 0. The largest absolute Gasteiger partial charge is 0.484 e. The molecule has 2 aromatic carbocycles. The van der Waals surface area contributed by atoms with Crippen LogP contribution in [0.15, 0.2) is 48.5 Å². The maximum absolute atomic E-state index is 13.3. The number of carbonyl (C=O) groups excluding carboxylic acids is 2. The van der Waals surface area contributed by atoms with Crippen LogP contribution in [0.25, 0.3) is 0 Å². The van der Waals surface area contributed by atoms with Gasteiger partial charge in [0.05, 0.1) is 0 Å². The van der Waals surface area contributed by atoms with Crippen molar-refractivity contribution < 1.29 is 23.1 Å². The fourth-order valence-electron chi connectivity index (χ4n) is 2.97. The Morgan fingerprint density at radius 2 is 1.60 bits per heavy atom. The number of ether oxygens (including phenoxy) is 1. The molecule has 0 aliphatic rings. The first-order valence-electron chi connectivity index (χ1n) is 10.1. The summed E-state index contributed by atoms with van der Waals surface area (Å²) >= 11 is 0. The van der Waals surface area contributed by atoms with Crippen molar-refractivity contribution in [2.24, 2.45) is 0 Å². The van der Waals surface area contributed by atoms with E-state index >= 15 is 0 Å². The van der Waals surface area contributed by atoms with Crippen molar-refractivity contribution in [3.8, 4) is 5.75 Å². The van der Waals surface area contributed by atoms with Gasteiger partial charge in [0.1, 0.15) is 23.4 Å². The molecule has 0 bridgehead atoms. The third-order valence-corrected chi connectivity index (χ3v) is 4.66. The van der Waals surface area contributed by atoms with Crippen LogP contribution in [0.1, 0.15) is 38.7 Å². The fraction of sp³-hybridized carbons (Fsp3) is 0.391. The topological polar surface area (TPSA) is 58.6 Å². The normalized spacial score (nSPS) is 11.6. The molecule has 0 spiro atoms. The number of benzene rings is 2. The molecule has 0 aliphatic heterocycles. The highest BCUT2D eigenvalue weighted by atomic mass is 19.1. The number of rotatable bonds is 11. The van der Waals surface area contributed by atoms with E-state index in [4.69, 9.17) is 4.74 Å². The lowest BCUT2D eigenvalue weighted by atomic mass is 10.1. The third-order valence-electron chi connectivity index (χ3n) is 4.66. The van der Waals surface area contributed by atoms with Gasteiger partial charge >= 0.3 is 0 Å². The van der Waals surface area contributed by atoms with E-state index in [1.165, 1.54) is 41.3 Å². The minimum absolute atomic E-state index is 0.144. The van der Waals surface area contributed by atoms with Gasteiger partial charge in [0, 0.05) is 13.1 Å². The molecule has 0 aromatic heterocycles. The molecule has 2 amide bonds. The molecule has 0 heterocycles. The summed E-state index contributed by atoms with van der Waals surface area (Å²) in [4.78, 5) is 27.1. The summed E-state index contributed by atoms with van der Waals surface area (Å²) in [6.45, 7) is 4.24. The zero-order valence-corrected chi connectivity index (χ0v) is 17.4. The van der Waals surface area contributed by atoms with Crippen molar-refractivity contribution in [3.63, 3.8) is 0 Å². The monoisotopic (exact) mass is 418 g/mol. The molecule has 1 atom stereocenters. The fourth-order valence-corrected chi connectivity index (χ4v) is 2.97. The van der Waals surface area contributed by atoms with Crippen LogP contribution in [0, 0.1) is 11.6 Å². The molecular formula is C23H28F2N2O3. The number of unbranched alkanes of at least 4 members (excludes halogenated alkanes) is 1. The lowest BCUT2D eigenvalue weighted by molar-refractivity contribution is -0.143. The van der Waals surface area contributed by atoms with Crippen LogP contribution in [0.5, 0.6) is 5.75 Å². The van der Waals surface area contributed by atoms with Gasteiger partial charge in [-0.1, -0.05) is 32.4 Å². The Morgan fingerprint density at radius 3 is 2.17 bits per heavy atom. The Kier molecular flexibility index (Phi) is 9.25. The summed E-state index contributed by atoms with van der Waals surface area (Å²) in [6, 6.07) is 10.5. The number of carbonyl (C=O) groups is 2. The van der Waals surface area contributed by atoms with Crippen molar-refractivity contribution in [2.45, 2.75) is 45.7 Å². The smallest absolute Gasteiger partial charge is 0.261 e. The summed E-state index contributed by atoms with van der Waals surface area (Å²) in [6.07, 6.45) is 2.21. The minimum Gasteiger partial charge on any atom is -0.484 e. The highest BCUT2D eigenvalue weighted by Crippen LogP contribution is 2.15. The van der Waals surface area contributed by atoms with E-state index in [0.29, 0.717) is 24.3 Å². The molecular weight excluding hydrogens is 390 g/mol. The van der Waals surface area contributed by atoms with Crippen molar-refractivity contribution in [3.05, 3.63) is 65.7 Å². The van der Waals surface area contributed by atoms with Gasteiger partial charge < -0.3 is 15.0 Å². The summed E-state index contributed by atoms with van der Waals surface area (Å²) in [5, 5.41) is 2.87. The molecule has 0 radical (unpaired) electrons. The van der Waals surface area contributed by atoms with Crippen LogP contribution in [0.3, 0.4) is 0 Å². The molecule has 1 N–H and O–H groups in total. The Bertz CT molecular complexity index is 810. The highest BCUT2D eigenvalue weighted by molar-refractivity contribution is 5.88. The highest BCUT2D eigenvalue weighted by Gasteiger charge is 2.28. The molecule has 5 nitrogen and oxygen atoms in total. The zero-order chi connectivity index (χ0) is 21.9. The maximum Gasteiger partial charge on any atom is 0.261 e. The zero-order valence-electron chi connectivity index (χ0n) is 17.4. The maximum atomic E-state index is 13.3. The summed E-state index contributed by atoms with van der Waals surface area (Å²) < 4.78 is 31.8. The van der Waals surface area contributed by atoms with Gasteiger partial charge in [0.25, 0.3) is 5.91 Å². The van der Waals surface area contributed by atoms with Gasteiger partial charge in [0.2, 0.25) is 5.91 Å². The number of nitrogens with one attached hydrogen (secondary N) is 1. The van der Waals surface area contributed by atoms with E-state index in [1.807, 2.05) is 13.8 Å². The Hall–Kier alpha value is -2.96. The lowest BCUT2D eigenvalue weighted by Crippen LogP contribution is -2.50.